The molecule has 0 aromatic rings. The number of phosphoric ester groups is 1. The van der Waals surface area contributed by atoms with Gasteiger partial charge in [-0.15, -0.1) is 0 Å². The SMILES string of the molecule is CCCCCCCCCCCCCCCCCCCCCCC(=O)OC(COC(=O)CCCCCC)COP(=O)([O-])OCC[N+](C)(C)C. The van der Waals surface area contributed by atoms with Gasteiger partial charge in [-0.3, -0.25) is 14.2 Å². The van der Waals surface area contributed by atoms with Crippen molar-refractivity contribution in [3.63, 3.8) is 0 Å². The molecule has 0 N–H and O–H groups in total. The predicted octanol–water partition coefficient (Wildman–Crippen LogP) is 9.83. The molecule has 286 valence electrons. The number of carbonyl (C=O) groups is 2. The molecule has 0 rings (SSSR count). The van der Waals surface area contributed by atoms with E-state index in [-0.39, 0.29) is 26.1 Å². The first-order chi connectivity index (χ1) is 23.0. The van der Waals surface area contributed by atoms with Crippen LogP contribution in [0.5, 0.6) is 0 Å². The molecule has 0 amide bonds. The summed E-state index contributed by atoms with van der Waals surface area (Å²) in [7, 11) is 1.17. The molecule has 0 aliphatic rings. The first-order valence-corrected chi connectivity index (χ1v) is 21.2. The number of hydrogen-bond acceptors (Lipinski definition) is 8. The highest BCUT2D eigenvalue weighted by molar-refractivity contribution is 7.45. The smallest absolute Gasteiger partial charge is 0.306 e. The molecule has 2 unspecified atom stereocenters. The monoisotopic (exact) mass is 706 g/mol. The molecule has 0 saturated heterocycles. The van der Waals surface area contributed by atoms with Gasteiger partial charge in [-0.2, -0.15) is 0 Å². The number of ether oxygens (including phenoxy) is 2. The Morgan fingerprint density at radius 2 is 0.938 bits per heavy atom. The van der Waals surface area contributed by atoms with Crippen LogP contribution in [0.25, 0.3) is 0 Å². The highest BCUT2D eigenvalue weighted by Gasteiger charge is 2.21. The highest BCUT2D eigenvalue weighted by atomic mass is 31.2. The Labute approximate surface area is 295 Å². The van der Waals surface area contributed by atoms with E-state index in [1.807, 2.05) is 21.1 Å². The molecule has 0 bridgehead atoms. The molecular formula is C38H76NO8P. The number of rotatable bonds is 36. The molecule has 2 atom stereocenters. The van der Waals surface area contributed by atoms with E-state index in [0.717, 1.165) is 38.5 Å². The van der Waals surface area contributed by atoms with Crippen molar-refractivity contribution in [3.05, 3.63) is 0 Å². The predicted molar refractivity (Wildman–Crippen MR) is 195 cm³/mol. The van der Waals surface area contributed by atoms with E-state index in [9.17, 15) is 19.0 Å². The van der Waals surface area contributed by atoms with E-state index in [1.54, 1.807) is 0 Å². The zero-order valence-electron chi connectivity index (χ0n) is 32.0. The van der Waals surface area contributed by atoms with Crippen molar-refractivity contribution in [2.75, 3.05) is 47.5 Å². The lowest BCUT2D eigenvalue weighted by molar-refractivity contribution is -0.870. The van der Waals surface area contributed by atoms with Crippen LogP contribution >= 0.6 is 7.82 Å². The summed E-state index contributed by atoms with van der Waals surface area (Å²) in [6, 6.07) is 0. The van der Waals surface area contributed by atoms with Gasteiger partial charge in [0.05, 0.1) is 27.7 Å². The molecule has 0 aromatic heterocycles. The van der Waals surface area contributed by atoms with Crippen LogP contribution < -0.4 is 4.89 Å². The fourth-order valence-electron chi connectivity index (χ4n) is 5.48. The normalized spacial score (nSPS) is 13.7. The summed E-state index contributed by atoms with van der Waals surface area (Å²) in [5.41, 5.74) is 0. The fourth-order valence-corrected chi connectivity index (χ4v) is 6.21. The third kappa shape index (κ3) is 34.9. The van der Waals surface area contributed by atoms with Gasteiger partial charge in [0.1, 0.15) is 19.8 Å². The van der Waals surface area contributed by atoms with Crippen molar-refractivity contribution in [1.29, 1.82) is 0 Å². The average molecular weight is 706 g/mol. The lowest BCUT2D eigenvalue weighted by Gasteiger charge is -2.28. The van der Waals surface area contributed by atoms with Crippen molar-refractivity contribution in [3.8, 4) is 0 Å². The van der Waals surface area contributed by atoms with Gasteiger partial charge < -0.3 is 27.9 Å². The number of esters is 2. The topological polar surface area (TPSA) is 111 Å². The van der Waals surface area contributed by atoms with E-state index in [4.69, 9.17) is 18.5 Å². The van der Waals surface area contributed by atoms with Crippen LogP contribution in [-0.4, -0.2) is 70.0 Å². The van der Waals surface area contributed by atoms with Gasteiger partial charge in [-0.05, 0) is 12.8 Å². The zero-order valence-corrected chi connectivity index (χ0v) is 32.8. The molecule has 0 fully saturated rings. The van der Waals surface area contributed by atoms with Gasteiger partial charge in [0, 0.05) is 12.8 Å². The van der Waals surface area contributed by atoms with E-state index < -0.39 is 32.5 Å². The van der Waals surface area contributed by atoms with Crippen LogP contribution in [0.1, 0.15) is 181 Å². The Morgan fingerprint density at radius 1 is 0.562 bits per heavy atom. The highest BCUT2D eigenvalue weighted by Crippen LogP contribution is 2.38. The van der Waals surface area contributed by atoms with Crippen LogP contribution in [0, 0.1) is 0 Å². The molecule has 0 aliphatic heterocycles. The second kappa shape index (κ2) is 32.0. The minimum absolute atomic E-state index is 0.0269. The van der Waals surface area contributed by atoms with Gasteiger partial charge in [-0.1, -0.05) is 155 Å². The van der Waals surface area contributed by atoms with Crippen molar-refractivity contribution in [1.82, 2.24) is 0 Å². The zero-order chi connectivity index (χ0) is 35.8. The van der Waals surface area contributed by atoms with E-state index in [1.165, 1.54) is 109 Å². The standard InChI is InChI=1S/C38H76NO8P/c1-6-8-10-12-13-14-15-16-17-18-19-20-21-22-23-24-25-26-27-29-31-38(41)47-36(34-44-37(40)30-28-11-9-7-2)35-46-48(42,43)45-33-32-39(3,4)5/h36H,6-35H2,1-5H3. The molecule has 0 aromatic carbocycles. The van der Waals surface area contributed by atoms with Crippen molar-refractivity contribution in [2.45, 2.75) is 187 Å². The lowest BCUT2D eigenvalue weighted by Crippen LogP contribution is -2.37. The summed E-state index contributed by atoms with van der Waals surface area (Å²) >= 11 is 0. The third-order valence-electron chi connectivity index (χ3n) is 8.63. The quantitative estimate of drug-likeness (QED) is 0.0274. The Kier molecular flexibility index (Phi) is 31.3. The molecule has 0 radical (unpaired) electrons. The van der Waals surface area contributed by atoms with Gasteiger partial charge in [0.2, 0.25) is 0 Å². The van der Waals surface area contributed by atoms with Crippen LogP contribution in [0.4, 0.5) is 0 Å². The first kappa shape index (κ1) is 47.0. The van der Waals surface area contributed by atoms with Gasteiger partial charge in [-0.25, -0.2) is 0 Å². The summed E-state index contributed by atoms with van der Waals surface area (Å²) in [4.78, 5) is 36.9. The summed E-state index contributed by atoms with van der Waals surface area (Å²) in [5, 5.41) is 0. The summed E-state index contributed by atoms with van der Waals surface area (Å²) in [5.74, 6) is -0.845. The molecule has 10 heteroatoms. The molecule has 0 spiro atoms. The molecule has 0 saturated carbocycles. The Balaban J connectivity index is 4.10. The molecule has 48 heavy (non-hydrogen) atoms. The summed E-state index contributed by atoms with van der Waals surface area (Å²) in [6.07, 6.45) is 29.1. The number of quaternary nitrogens is 1. The summed E-state index contributed by atoms with van der Waals surface area (Å²) < 4.78 is 33.5. The maximum atomic E-state index is 12.5. The van der Waals surface area contributed by atoms with Crippen LogP contribution in [-0.2, 0) is 32.7 Å². The number of phosphoric acid groups is 1. The number of unbranched alkanes of at least 4 members (excludes halogenated alkanes) is 22. The second-order valence-electron chi connectivity index (χ2n) is 14.7. The minimum Gasteiger partial charge on any atom is -0.756 e. The second-order valence-corrected chi connectivity index (χ2v) is 16.1. The van der Waals surface area contributed by atoms with Crippen LogP contribution in [0.3, 0.4) is 0 Å². The summed E-state index contributed by atoms with van der Waals surface area (Å²) in [6.45, 7) is 4.11. The molecule has 0 aliphatic carbocycles. The van der Waals surface area contributed by atoms with Crippen LogP contribution in [0.2, 0.25) is 0 Å². The Hall–Kier alpha value is -0.990. The Bertz CT molecular complexity index is 804. The van der Waals surface area contributed by atoms with Gasteiger partial charge >= 0.3 is 11.9 Å². The minimum atomic E-state index is -4.60. The van der Waals surface area contributed by atoms with Gasteiger partial charge in [0.15, 0.2) is 6.10 Å². The largest absolute Gasteiger partial charge is 0.756 e. The van der Waals surface area contributed by atoms with Crippen molar-refractivity contribution < 1.29 is 42.1 Å². The average Bonchev–Trinajstić information content (AvgIpc) is 3.02. The number of carbonyl (C=O) groups excluding carboxylic acids is 2. The molecule has 0 heterocycles. The fraction of sp³-hybridized carbons (Fsp3) is 0.947. The van der Waals surface area contributed by atoms with E-state index in [2.05, 4.69) is 13.8 Å². The van der Waals surface area contributed by atoms with E-state index >= 15 is 0 Å². The number of nitrogens with zero attached hydrogens (tertiary/aromatic N) is 1. The van der Waals surface area contributed by atoms with Crippen LogP contribution in [0.15, 0.2) is 0 Å². The number of likely N-dealkylation sites (N-methyl/N-ethyl adjacent to an activating group) is 1. The lowest BCUT2D eigenvalue weighted by atomic mass is 10.0. The third-order valence-corrected chi connectivity index (χ3v) is 9.59. The van der Waals surface area contributed by atoms with Gasteiger partial charge in [0.25, 0.3) is 7.82 Å². The number of hydrogen-bond donors (Lipinski definition) is 0. The molecular weight excluding hydrogens is 629 g/mol. The maximum Gasteiger partial charge on any atom is 0.306 e. The Morgan fingerprint density at radius 3 is 1.35 bits per heavy atom. The maximum absolute atomic E-state index is 12.5. The first-order valence-electron chi connectivity index (χ1n) is 19.7. The molecule has 9 nitrogen and oxygen atoms in total. The van der Waals surface area contributed by atoms with E-state index in [0.29, 0.717) is 17.4 Å². The van der Waals surface area contributed by atoms with Crippen molar-refractivity contribution >= 4 is 19.8 Å². The van der Waals surface area contributed by atoms with Crippen molar-refractivity contribution in [2.24, 2.45) is 0 Å².